The fourth-order valence-electron chi connectivity index (χ4n) is 0.858. The van der Waals surface area contributed by atoms with E-state index in [1.807, 2.05) is 32.7 Å². The normalized spacial score (nSPS) is 9.95. The third-order valence-corrected chi connectivity index (χ3v) is 3.27. The van der Waals surface area contributed by atoms with Gasteiger partial charge in [-0.25, -0.2) is 4.98 Å². The van der Waals surface area contributed by atoms with Crippen molar-refractivity contribution in [3.05, 3.63) is 9.62 Å². The Hall–Kier alpha value is -0.960. The van der Waals surface area contributed by atoms with Gasteiger partial charge >= 0.3 is 0 Å². The average Bonchev–Trinajstić information content (AvgIpc) is 2.57. The second-order valence-electron chi connectivity index (χ2n) is 4.45. The minimum Gasteiger partial charge on any atom is -0.462 e. The Balaban J connectivity index is 0.000000399. The summed E-state index contributed by atoms with van der Waals surface area (Å²) in [5, 5.41) is 1.21. The summed E-state index contributed by atoms with van der Waals surface area (Å²) in [6.45, 7) is 6.42. The molecule has 1 heterocycles. The van der Waals surface area contributed by atoms with E-state index in [0.29, 0.717) is 22.6 Å². The molecule has 0 saturated carbocycles. The van der Waals surface area contributed by atoms with Gasteiger partial charge in [-0.1, -0.05) is 40.5 Å². The van der Waals surface area contributed by atoms with Crippen molar-refractivity contribution < 1.29 is 9.53 Å². The minimum absolute atomic E-state index is 0.318. The Morgan fingerprint density at radius 3 is 2.37 bits per heavy atom. The predicted molar refractivity (Wildman–Crippen MR) is 81.1 cm³/mol. The maximum Gasteiger partial charge on any atom is 0.293 e. The van der Waals surface area contributed by atoms with Crippen LogP contribution in [0, 0.1) is 12.3 Å². The fourth-order valence-corrected chi connectivity index (χ4v) is 2.25. The summed E-state index contributed by atoms with van der Waals surface area (Å²) in [6.07, 6.45) is 5.14. The van der Waals surface area contributed by atoms with Crippen molar-refractivity contribution in [3.8, 4) is 12.3 Å². The molecule has 0 aliphatic rings. The van der Waals surface area contributed by atoms with Crippen molar-refractivity contribution in [2.24, 2.45) is 0 Å². The van der Waals surface area contributed by atoms with Gasteiger partial charge < -0.3 is 9.64 Å². The number of rotatable bonds is 3. The van der Waals surface area contributed by atoms with Crippen molar-refractivity contribution in [2.75, 3.05) is 18.5 Å². The maximum atomic E-state index is 9.60. The number of carbonyl (C=O) groups is 1. The van der Waals surface area contributed by atoms with Gasteiger partial charge in [0.25, 0.3) is 6.47 Å². The molecule has 0 spiro atoms. The van der Waals surface area contributed by atoms with Crippen LogP contribution in [0.25, 0.3) is 0 Å². The molecule has 0 fully saturated rings. The van der Waals surface area contributed by atoms with E-state index >= 15 is 0 Å². The van der Waals surface area contributed by atoms with Gasteiger partial charge in [-0.2, -0.15) is 0 Å². The quantitative estimate of drug-likeness (QED) is 0.631. The molecule has 0 unspecified atom stereocenters. The number of thiazole rings is 1. The van der Waals surface area contributed by atoms with Crippen LogP contribution in [-0.2, 0) is 9.53 Å². The van der Waals surface area contributed by atoms with Crippen molar-refractivity contribution in [1.29, 1.82) is 0 Å². The molecule has 0 aliphatic carbocycles. The first kappa shape index (κ1) is 18.0. The summed E-state index contributed by atoms with van der Waals surface area (Å²) in [7, 11) is 1.84. The molecule has 19 heavy (non-hydrogen) atoms. The number of carbonyl (C=O) groups excluding carboxylic acids is 1. The van der Waals surface area contributed by atoms with Crippen LogP contribution in [0.15, 0.2) is 0 Å². The van der Waals surface area contributed by atoms with Crippen molar-refractivity contribution in [3.63, 3.8) is 0 Å². The van der Waals surface area contributed by atoms with Gasteiger partial charge in [0.1, 0.15) is 10.6 Å². The van der Waals surface area contributed by atoms with E-state index in [1.165, 1.54) is 11.3 Å². The topological polar surface area (TPSA) is 42.4 Å². The highest BCUT2D eigenvalue weighted by molar-refractivity contribution is 7.20. The lowest BCUT2D eigenvalue weighted by atomic mass is 10.2. The van der Waals surface area contributed by atoms with E-state index in [1.54, 1.807) is 0 Å². The number of hydrogen-bond acceptors (Lipinski definition) is 5. The molecule has 0 radical (unpaired) electrons. The summed E-state index contributed by atoms with van der Waals surface area (Å²) in [5.74, 6) is 2.51. The molecule has 1 rings (SSSR count). The van der Waals surface area contributed by atoms with E-state index in [0.717, 1.165) is 5.00 Å². The third kappa shape index (κ3) is 7.93. The minimum atomic E-state index is -0.318. The van der Waals surface area contributed by atoms with Gasteiger partial charge in [-0.05, 0) is 20.8 Å². The van der Waals surface area contributed by atoms with Gasteiger partial charge in [0.2, 0.25) is 0 Å². The Bertz CT molecular complexity index is 450. The standard InChI is InChI=1S/C7H6Cl2N2S.C5H10O2/c1-3-4-11(2)6-5(8)10-7(9)12-6;1-5(2,3)7-4-6/h1H,4H2,2H3;4H,1-3H3. The molecular formula is C12H16Cl2N2O2S. The zero-order valence-corrected chi connectivity index (χ0v) is 13.6. The first-order valence-electron chi connectivity index (χ1n) is 5.29. The average molecular weight is 323 g/mol. The van der Waals surface area contributed by atoms with Crippen molar-refractivity contribution >= 4 is 46.0 Å². The Labute approximate surface area is 127 Å². The molecule has 0 atom stereocenters. The number of aromatic nitrogens is 1. The molecule has 4 nitrogen and oxygen atoms in total. The van der Waals surface area contributed by atoms with E-state index in [4.69, 9.17) is 29.6 Å². The van der Waals surface area contributed by atoms with Crippen LogP contribution >= 0.6 is 34.5 Å². The first-order valence-corrected chi connectivity index (χ1v) is 6.86. The summed E-state index contributed by atoms with van der Waals surface area (Å²) < 4.78 is 4.98. The maximum absolute atomic E-state index is 9.60. The molecule has 1 aromatic rings. The first-order chi connectivity index (χ1) is 8.71. The lowest BCUT2D eigenvalue weighted by Crippen LogP contribution is -2.17. The molecule has 0 aromatic carbocycles. The molecule has 0 saturated heterocycles. The second-order valence-corrected chi connectivity index (χ2v) is 6.37. The van der Waals surface area contributed by atoms with Crippen LogP contribution in [0.1, 0.15) is 20.8 Å². The summed E-state index contributed by atoms with van der Waals surface area (Å²) in [5.41, 5.74) is -0.318. The summed E-state index contributed by atoms with van der Waals surface area (Å²) >= 11 is 12.7. The fraction of sp³-hybridized carbons (Fsp3) is 0.500. The Kier molecular flexibility index (Phi) is 7.84. The van der Waals surface area contributed by atoms with Crippen LogP contribution in [-0.4, -0.2) is 30.6 Å². The number of halogens is 2. The Morgan fingerprint density at radius 1 is 1.53 bits per heavy atom. The molecule has 106 valence electrons. The van der Waals surface area contributed by atoms with Gasteiger partial charge in [-0.3, -0.25) is 4.79 Å². The Morgan fingerprint density at radius 2 is 2.11 bits per heavy atom. The highest BCUT2D eigenvalue weighted by Gasteiger charge is 2.10. The third-order valence-electron chi connectivity index (χ3n) is 1.62. The van der Waals surface area contributed by atoms with Crippen molar-refractivity contribution in [2.45, 2.75) is 26.4 Å². The van der Waals surface area contributed by atoms with Crippen LogP contribution < -0.4 is 4.90 Å². The SMILES string of the molecule is C#CCN(C)c1sc(Cl)nc1Cl.CC(C)(C)OC=O. The molecule has 7 heteroatoms. The smallest absolute Gasteiger partial charge is 0.293 e. The zero-order valence-electron chi connectivity index (χ0n) is 11.2. The molecule has 0 amide bonds. The molecule has 0 aliphatic heterocycles. The predicted octanol–water partition coefficient (Wildman–Crippen LogP) is 3.48. The molecule has 0 bridgehead atoms. The van der Waals surface area contributed by atoms with Gasteiger partial charge in [-0.15, -0.1) is 6.42 Å². The van der Waals surface area contributed by atoms with Crippen LogP contribution in [0.2, 0.25) is 9.62 Å². The number of ether oxygens (including phenoxy) is 1. The van der Waals surface area contributed by atoms with E-state index in [9.17, 15) is 4.79 Å². The number of hydrogen-bond donors (Lipinski definition) is 0. The number of terminal acetylenes is 1. The lowest BCUT2D eigenvalue weighted by molar-refractivity contribution is -0.138. The monoisotopic (exact) mass is 322 g/mol. The summed E-state index contributed by atoms with van der Waals surface area (Å²) in [4.78, 5) is 15.3. The largest absolute Gasteiger partial charge is 0.462 e. The summed E-state index contributed by atoms with van der Waals surface area (Å²) in [6, 6.07) is 0. The highest BCUT2D eigenvalue weighted by atomic mass is 35.5. The molecular weight excluding hydrogens is 307 g/mol. The molecule has 1 aromatic heterocycles. The van der Waals surface area contributed by atoms with Crippen LogP contribution in [0.5, 0.6) is 0 Å². The van der Waals surface area contributed by atoms with Gasteiger partial charge in [0.05, 0.1) is 6.54 Å². The second kappa shape index (κ2) is 8.26. The number of nitrogens with zero attached hydrogens (tertiary/aromatic N) is 2. The highest BCUT2D eigenvalue weighted by Crippen LogP contribution is 2.33. The zero-order chi connectivity index (χ0) is 15.1. The van der Waals surface area contributed by atoms with E-state index in [-0.39, 0.29) is 5.60 Å². The molecule has 0 N–H and O–H groups in total. The van der Waals surface area contributed by atoms with Gasteiger partial charge in [0, 0.05) is 7.05 Å². The number of anilines is 1. The van der Waals surface area contributed by atoms with E-state index in [2.05, 4.69) is 15.6 Å². The van der Waals surface area contributed by atoms with E-state index < -0.39 is 0 Å². The van der Waals surface area contributed by atoms with Crippen LogP contribution in [0.3, 0.4) is 0 Å². The van der Waals surface area contributed by atoms with Crippen molar-refractivity contribution in [1.82, 2.24) is 4.98 Å². The van der Waals surface area contributed by atoms with Crippen LogP contribution in [0.4, 0.5) is 5.00 Å². The lowest BCUT2D eigenvalue weighted by Gasteiger charge is -2.14. The van der Waals surface area contributed by atoms with Gasteiger partial charge in [0.15, 0.2) is 9.62 Å².